The quantitative estimate of drug-likeness (QED) is 0.623. The molecule has 0 aliphatic heterocycles. The smallest absolute Gasteiger partial charge is 0.227 e. The van der Waals surface area contributed by atoms with Crippen LogP contribution in [0.5, 0.6) is 17.2 Å². The van der Waals surface area contributed by atoms with Crippen molar-refractivity contribution in [2.75, 3.05) is 32.4 Å². The lowest BCUT2D eigenvalue weighted by Gasteiger charge is -2.14. The zero-order valence-electron chi connectivity index (χ0n) is 13.6. The van der Waals surface area contributed by atoms with Gasteiger partial charge in [0, 0.05) is 6.54 Å². The van der Waals surface area contributed by atoms with Crippen molar-refractivity contribution in [1.82, 2.24) is 19.9 Å². The zero-order valence-corrected chi connectivity index (χ0v) is 13.6. The van der Waals surface area contributed by atoms with E-state index >= 15 is 0 Å². The molecule has 4 N–H and O–H groups in total. The van der Waals surface area contributed by atoms with E-state index in [0.717, 1.165) is 5.56 Å². The topological polar surface area (TPSA) is 120 Å². The van der Waals surface area contributed by atoms with E-state index in [1.807, 2.05) is 12.1 Å². The average molecular weight is 330 g/mol. The van der Waals surface area contributed by atoms with Crippen LogP contribution in [0.4, 0.5) is 11.8 Å². The van der Waals surface area contributed by atoms with E-state index in [9.17, 15) is 0 Å². The van der Waals surface area contributed by atoms with Gasteiger partial charge in [0.15, 0.2) is 23.0 Å². The minimum absolute atomic E-state index is 0.338. The maximum atomic E-state index is 5.88. The van der Waals surface area contributed by atoms with Gasteiger partial charge in [0.1, 0.15) is 5.52 Å². The molecule has 0 atom stereocenters. The number of aromatic nitrogens is 4. The van der Waals surface area contributed by atoms with Gasteiger partial charge < -0.3 is 30.2 Å². The first kappa shape index (κ1) is 15.7. The van der Waals surface area contributed by atoms with Crippen molar-refractivity contribution < 1.29 is 14.2 Å². The molecule has 0 aliphatic rings. The molecule has 2 heterocycles. The Bertz CT molecular complexity index is 839. The summed E-state index contributed by atoms with van der Waals surface area (Å²) in [5, 5.41) is 3.12. The lowest BCUT2D eigenvalue weighted by atomic mass is 10.2. The number of anilines is 2. The first-order chi connectivity index (χ1) is 11.7. The van der Waals surface area contributed by atoms with Gasteiger partial charge in [-0.05, 0) is 17.7 Å². The van der Waals surface area contributed by atoms with Crippen LogP contribution in [0.3, 0.4) is 0 Å². The van der Waals surface area contributed by atoms with E-state index in [4.69, 9.17) is 19.9 Å². The molecular formula is C15H18N6O3. The molecule has 0 saturated heterocycles. The molecule has 24 heavy (non-hydrogen) atoms. The number of H-pyrrole nitrogens is 1. The number of benzene rings is 1. The lowest BCUT2D eigenvalue weighted by molar-refractivity contribution is 0.324. The third kappa shape index (κ3) is 2.83. The summed E-state index contributed by atoms with van der Waals surface area (Å²) in [4.78, 5) is 15.5. The summed E-state index contributed by atoms with van der Waals surface area (Å²) >= 11 is 0. The standard InChI is InChI=1S/C15H18N6O3/c1-22-9-4-8(5-10(23-2)12(9)24-3)6-17-15-20-13(16)11-14(21-15)19-7-18-11/h4-5,7H,6H2,1-3H3,(H4,16,17,18,19,20,21). The van der Waals surface area contributed by atoms with Crippen molar-refractivity contribution in [2.45, 2.75) is 6.54 Å². The summed E-state index contributed by atoms with van der Waals surface area (Å²) < 4.78 is 16.0. The molecule has 0 spiro atoms. The van der Waals surface area contributed by atoms with Crippen LogP contribution in [0, 0.1) is 0 Å². The van der Waals surface area contributed by atoms with Gasteiger partial charge >= 0.3 is 0 Å². The first-order valence-corrected chi connectivity index (χ1v) is 7.15. The molecule has 0 saturated carbocycles. The predicted molar refractivity (Wildman–Crippen MR) is 89.5 cm³/mol. The molecule has 9 nitrogen and oxygen atoms in total. The highest BCUT2D eigenvalue weighted by Crippen LogP contribution is 2.38. The van der Waals surface area contributed by atoms with Gasteiger partial charge in [-0.15, -0.1) is 0 Å². The molecule has 0 bridgehead atoms. The second kappa shape index (κ2) is 6.49. The molecule has 0 aliphatic carbocycles. The molecule has 126 valence electrons. The number of hydrogen-bond donors (Lipinski definition) is 3. The summed E-state index contributed by atoms with van der Waals surface area (Å²) in [7, 11) is 4.71. The lowest BCUT2D eigenvalue weighted by Crippen LogP contribution is -2.06. The number of ether oxygens (including phenoxy) is 3. The molecular weight excluding hydrogens is 312 g/mol. The number of methoxy groups -OCH3 is 3. The van der Waals surface area contributed by atoms with Crippen molar-refractivity contribution in [3.8, 4) is 17.2 Å². The average Bonchev–Trinajstić information content (AvgIpc) is 3.08. The van der Waals surface area contributed by atoms with Crippen LogP contribution in [-0.2, 0) is 6.54 Å². The Kier molecular flexibility index (Phi) is 4.23. The van der Waals surface area contributed by atoms with Crippen LogP contribution in [0.1, 0.15) is 5.56 Å². The highest BCUT2D eigenvalue weighted by Gasteiger charge is 2.13. The van der Waals surface area contributed by atoms with E-state index in [0.29, 0.717) is 46.7 Å². The molecule has 2 aromatic heterocycles. The monoisotopic (exact) mass is 330 g/mol. The Labute approximate surface area is 138 Å². The van der Waals surface area contributed by atoms with Gasteiger partial charge in [0.2, 0.25) is 11.7 Å². The van der Waals surface area contributed by atoms with Gasteiger partial charge in [-0.25, -0.2) is 4.98 Å². The fraction of sp³-hybridized carbons (Fsp3) is 0.267. The first-order valence-electron chi connectivity index (χ1n) is 7.15. The molecule has 0 unspecified atom stereocenters. The molecule has 9 heteroatoms. The van der Waals surface area contributed by atoms with Crippen LogP contribution in [0.25, 0.3) is 11.2 Å². The maximum Gasteiger partial charge on any atom is 0.227 e. The van der Waals surface area contributed by atoms with E-state index in [2.05, 4.69) is 25.3 Å². The van der Waals surface area contributed by atoms with E-state index in [1.54, 1.807) is 21.3 Å². The normalized spacial score (nSPS) is 10.6. The van der Waals surface area contributed by atoms with Crippen LogP contribution < -0.4 is 25.3 Å². The number of nitrogens with one attached hydrogen (secondary N) is 2. The number of nitrogen functional groups attached to an aromatic ring is 1. The number of nitrogens with zero attached hydrogens (tertiary/aromatic N) is 3. The molecule has 1 aromatic carbocycles. The summed E-state index contributed by atoms with van der Waals surface area (Å²) in [5.41, 5.74) is 7.92. The van der Waals surface area contributed by atoms with Crippen molar-refractivity contribution in [1.29, 1.82) is 0 Å². The largest absolute Gasteiger partial charge is 0.493 e. The summed E-state index contributed by atoms with van der Waals surface area (Å²) in [6, 6.07) is 3.70. The van der Waals surface area contributed by atoms with Gasteiger partial charge in [0.05, 0.1) is 27.7 Å². The number of rotatable bonds is 6. The fourth-order valence-electron chi connectivity index (χ4n) is 2.35. The van der Waals surface area contributed by atoms with Crippen LogP contribution in [0.2, 0.25) is 0 Å². The van der Waals surface area contributed by atoms with E-state index in [-0.39, 0.29) is 0 Å². The van der Waals surface area contributed by atoms with Gasteiger partial charge in [-0.2, -0.15) is 9.97 Å². The molecule has 3 rings (SSSR count). The van der Waals surface area contributed by atoms with Gasteiger partial charge in [0.25, 0.3) is 0 Å². The Balaban J connectivity index is 1.85. The third-order valence-corrected chi connectivity index (χ3v) is 3.49. The van der Waals surface area contributed by atoms with E-state index in [1.165, 1.54) is 6.33 Å². The van der Waals surface area contributed by atoms with Crippen molar-refractivity contribution in [2.24, 2.45) is 0 Å². The van der Waals surface area contributed by atoms with Crippen LogP contribution in [0.15, 0.2) is 18.5 Å². The highest BCUT2D eigenvalue weighted by atomic mass is 16.5. The van der Waals surface area contributed by atoms with Gasteiger partial charge in [-0.1, -0.05) is 0 Å². The number of aromatic amines is 1. The summed E-state index contributed by atoms with van der Waals surface area (Å²) in [6.07, 6.45) is 1.53. The minimum atomic E-state index is 0.338. The zero-order chi connectivity index (χ0) is 17.1. The highest BCUT2D eigenvalue weighted by molar-refractivity contribution is 5.82. The summed E-state index contributed by atoms with van der Waals surface area (Å²) in [5.74, 6) is 2.43. The Hall–Kier alpha value is -3.23. The van der Waals surface area contributed by atoms with Gasteiger partial charge in [-0.3, -0.25) is 0 Å². The van der Waals surface area contributed by atoms with Crippen LogP contribution >= 0.6 is 0 Å². The number of hydrogen-bond acceptors (Lipinski definition) is 8. The summed E-state index contributed by atoms with van der Waals surface area (Å²) in [6.45, 7) is 0.450. The fourth-order valence-corrected chi connectivity index (χ4v) is 2.35. The Morgan fingerprint density at radius 1 is 1.08 bits per heavy atom. The molecule has 3 aromatic rings. The number of imidazole rings is 1. The van der Waals surface area contributed by atoms with E-state index < -0.39 is 0 Å². The minimum Gasteiger partial charge on any atom is -0.493 e. The molecule has 0 radical (unpaired) electrons. The van der Waals surface area contributed by atoms with Crippen LogP contribution in [-0.4, -0.2) is 41.3 Å². The Morgan fingerprint density at radius 3 is 2.42 bits per heavy atom. The van der Waals surface area contributed by atoms with Crippen molar-refractivity contribution in [3.05, 3.63) is 24.0 Å². The number of nitrogens with two attached hydrogens (primary N) is 1. The predicted octanol–water partition coefficient (Wildman–Crippen LogP) is 1.57. The molecule has 0 fully saturated rings. The SMILES string of the molecule is COc1cc(CNc2nc(N)c3[nH]cnc3n2)cc(OC)c1OC. The third-order valence-electron chi connectivity index (χ3n) is 3.49. The Morgan fingerprint density at radius 2 is 1.79 bits per heavy atom. The second-order valence-electron chi connectivity index (χ2n) is 4.92. The molecule has 0 amide bonds. The maximum absolute atomic E-state index is 5.88. The number of fused-ring (bicyclic) bond motifs is 1. The van der Waals surface area contributed by atoms with Crippen molar-refractivity contribution in [3.63, 3.8) is 0 Å². The second-order valence-corrected chi connectivity index (χ2v) is 4.92. The van der Waals surface area contributed by atoms with Crippen molar-refractivity contribution >= 4 is 22.9 Å².